The van der Waals surface area contributed by atoms with Crippen LogP contribution in [0.2, 0.25) is 0 Å². The van der Waals surface area contributed by atoms with Gasteiger partial charge in [0.1, 0.15) is 5.88 Å². The summed E-state index contributed by atoms with van der Waals surface area (Å²) in [4.78, 5) is 13.9. The van der Waals surface area contributed by atoms with Gasteiger partial charge in [0.25, 0.3) is 0 Å². The minimum Gasteiger partial charge on any atom is -0.377 e. The minimum atomic E-state index is -0.0805. The molecule has 0 heterocycles. The first-order chi connectivity index (χ1) is 9.51. The van der Waals surface area contributed by atoms with Crippen LogP contribution >= 0.6 is 11.6 Å². The molecular weight excluding hydrogens is 274 g/mol. The minimum absolute atomic E-state index is 0.0147. The largest absolute Gasteiger partial charge is 0.377 e. The van der Waals surface area contributed by atoms with Gasteiger partial charge in [-0.05, 0) is 38.3 Å². The summed E-state index contributed by atoms with van der Waals surface area (Å²) in [7, 11) is 0. The second kappa shape index (κ2) is 8.28. The molecule has 3 nitrogen and oxygen atoms in total. The number of ether oxygens (including phenoxy) is 1. The molecule has 0 radical (unpaired) electrons. The number of para-hydroxylation sites is 1. The number of rotatable bonds is 7. The maximum atomic E-state index is 12.1. The van der Waals surface area contributed by atoms with Gasteiger partial charge in [0.2, 0.25) is 5.91 Å². The fraction of sp³-hybridized carbons (Fsp3) is 0.562. The molecule has 0 atom stereocenters. The van der Waals surface area contributed by atoms with Gasteiger partial charge >= 0.3 is 0 Å². The van der Waals surface area contributed by atoms with Crippen LogP contribution in [0.5, 0.6) is 0 Å². The maximum Gasteiger partial charge on any atom is 0.242 e. The van der Waals surface area contributed by atoms with Gasteiger partial charge in [-0.25, -0.2) is 0 Å². The number of nitrogens with zero attached hydrogens (tertiary/aromatic N) is 1. The fourth-order valence-electron chi connectivity index (χ4n) is 2.20. The second-order valence-electron chi connectivity index (χ2n) is 5.03. The molecule has 0 unspecified atom stereocenters. The van der Waals surface area contributed by atoms with Crippen LogP contribution in [-0.4, -0.2) is 31.0 Å². The number of carbonyl (C=O) groups is 1. The second-order valence-corrected chi connectivity index (χ2v) is 5.30. The molecule has 20 heavy (non-hydrogen) atoms. The van der Waals surface area contributed by atoms with Crippen LogP contribution in [0.4, 0.5) is 5.69 Å². The lowest BCUT2D eigenvalue weighted by molar-refractivity contribution is -0.116. The van der Waals surface area contributed by atoms with E-state index < -0.39 is 0 Å². The summed E-state index contributed by atoms with van der Waals surface area (Å²) in [6.07, 6.45) is 1.04. The number of carbonyl (C=O) groups excluding carboxylic acids is 1. The van der Waals surface area contributed by atoms with Crippen molar-refractivity contribution in [3.8, 4) is 0 Å². The Morgan fingerprint density at radius 3 is 2.65 bits per heavy atom. The van der Waals surface area contributed by atoms with Crippen molar-refractivity contribution in [2.24, 2.45) is 0 Å². The zero-order valence-electron chi connectivity index (χ0n) is 12.8. The molecule has 0 aliphatic carbocycles. The van der Waals surface area contributed by atoms with E-state index in [4.69, 9.17) is 16.3 Å². The van der Waals surface area contributed by atoms with E-state index in [0.29, 0.717) is 13.2 Å². The smallest absolute Gasteiger partial charge is 0.242 e. The monoisotopic (exact) mass is 297 g/mol. The zero-order chi connectivity index (χ0) is 15.1. The molecule has 112 valence electrons. The molecule has 1 aromatic carbocycles. The van der Waals surface area contributed by atoms with Gasteiger partial charge in [0, 0.05) is 12.2 Å². The van der Waals surface area contributed by atoms with E-state index in [2.05, 4.69) is 13.0 Å². The SMILES string of the molecule is CCc1cccc(C)c1N(CCOC(C)C)C(=O)CCl. The van der Waals surface area contributed by atoms with Crippen LogP contribution < -0.4 is 4.90 Å². The number of benzene rings is 1. The Labute approximate surface area is 126 Å². The third-order valence-corrected chi connectivity index (χ3v) is 3.38. The number of hydrogen-bond acceptors (Lipinski definition) is 2. The van der Waals surface area contributed by atoms with Gasteiger partial charge in [0.15, 0.2) is 0 Å². The molecule has 0 aliphatic heterocycles. The van der Waals surface area contributed by atoms with Crippen molar-refractivity contribution >= 4 is 23.2 Å². The Morgan fingerprint density at radius 2 is 2.10 bits per heavy atom. The first-order valence-electron chi connectivity index (χ1n) is 7.07. The van der Waals surface area contributed by atoms with Gasteiger partial charge in [-0.1, -0.05) is 25.1 Å². The van der Waals surface area contributed by atoms with E-state index in [1.807, 2.05) is 32.9 Å². The Hall–Kier alpha value is -1.06. The van der Waals surface area contributed by atoms with Gasteiger partial charge in [-0.3, -0.25) is 4.79 Å². The standard InChI is InChI=1S/C16H24ClNO2/c1-5-14-8-6-7-13(4)16(14)18(15(19)11-17)9-10-20-12(2)3/h6-8,12H,5,9-11H2,1-4H3. The molecule has 0 saturated carbocycles. The van der Waals surface area contributed by atoms with Crippen molar-refractivity contribution < 1.29 is 9.53 Å². The summed E-state index contributed by atoms with van der Waals surface area (Å²) in [6.45, 7) is 9.12. The average molecular weight is 298 g/mol. The topological polar surface area (TPSA) is 29.5 Å². The predicted molar refractivity (Wildman–Crippen MR) is 84.7 cm³/mol. The summed E-state index contributed by atoms with van der Waals surface area (Å²) in [5, 5.41) is 0. The van der Waals surface area contributed by atoms with Crippen molar-refractivity contribution in [1.82, 2.24) is 0 Å². The van der Waals surface area contributed by atoms with Gasteiger partial charge in [0.05, 0.1) is 12.7 Å². The lowest BCUT2D eigenvalue weighted by Crippen LogP contribution is -2.36. The van der Waals surface area contributed by atoms with Crippen molar-refractivity contribution in [1.29, 1.82) is 0 Å². The lowest BCUT2D eigenvalue weighted by Gasteiger charge is -2.26. The van der Waals surface area contributed by atoms with Gasteiger partial charge < -0.3 is 9.64 Å². The van der Waals surface area contributed by atoms with Gasteiger partial charge in [-0.15, -0.1) is 11.6 Å². The average Bonchev–Trinajstić information content (AvgIpc) is 2.43. The predicted octanol–water partition coefficient (Wildman–Crippen LogP) is 3.55. The molecule has 0 bridgehead atoms. The highest BCUT2D eigenvalue weighted by Gasteiger charge is 2.19. The number of halogens is 1. The molecule has 0 fully saturated rings. The van der Waals surface area contributed by atoms with Crippen LogP contribution in [0, 0.1) is 6.92 Å². The molecule has 1 rings (SSSR count). The number of aryl methyl sites for hydroxylation is 2. The van der Waals surface area contributed by atoms with E-state index in [1.54, 1.807) is 4.90 Å². The maximum absolute atomic E-state index is 12.1. The molecule has 0 spiro atoms. The first kappa shape index (κ1) is 17.0. The Balaban J connectivity index is 3.01. The van der Waals surface area contributed by atoms with Crippen molar-refractivity contribution in [2.75, 3.05) is 23.9 Å². The number of alkyl halides is 1. The highest BCUT2D eigenvalue weighted by molar-refractivity contribution is 6.29. The molecule has 0 N–H and O–H groups in total. The summed E-state index contributed by atoms with van der Waals surface area (Å²) in [6, 6.07) is 6.10. The summed E-state index contributed by atoms with van der Waals surface area (Å²) >= 11 is 5.75. The normalized spacial score (nSPS) is 10.9. The lowest BCUT2D eigenvalue weighted by atomic mass is 10.0. The Kier molecular flexibility index (Phi) is 7.03. The van der Waals surface area contributed by atoms with Crippen molar-refractivity contribution in [3.63, 3.8) is 0 Å². The van der Waals surface area contributed by atoms with Crippen LogP contribution in [-0.2, 0) is 16.0 Å². The van der Waals surface area contributed by atoms with E-state index in [1.165, 1.54) is 0 Å². The molecule has 0 aliphatic rings. The highest BCUT2D eigenvalue weighted by atomic mass is 35.5. The van der Waals surface area contributed by atoms with Crippen LogP contribution in [0.3, 0.4) is 0 Å². The number of hydrogen-bond donors (Lipinski definition) is 0. The van der Waals surface area contributed by atoms with Gasteiger partial charge in [-0.2, -0.15) is 0 Å². The van der Waals surface area contributed by atoms with Crippen LogP contribution in [0.15, 0.2) is 18.2 Å². The van der Waals surface area contributed by atoms with Crippen LogP contribution in [0.1, 0.15) is 31.9 Å². The third-order valence-electron chi connectivity index (χ3n) is 3.15. The molecular formula is C16H24ClNO2. The quantitative estimate of drug-likeness (QED) is 0.720. The Morgan fingerprint density at radius 1 is 1.40 bits per heavy atom. The Bertz CT molecular complexity index is 446. The van der Waals surface area contributed by atoms with Crippen molar-refractivity contribution in [3.05, 3.63) is 29.3 Å². The summed E-state index contributed by atoms with van der Waals surface area (Å²) in [5.74, 6) is -0.0952. The highest BCUT2D eigenvalue weighted by Crippen LogP contribution is 2.26. The number of amides is 1. The van der Waals surface area contributed by atoms with Crippen LogP contribution in [0.25, 0.3) is 0 Å². The molecule has 4 heteroatoms. The number of anilines is 1. The van der Waals surface area contributed by atoms with E-state index in [9.17, 15) is 4.79 Å². The molecule has 1 amide bonds. The zero-order valence-corrected chi connectivity index (χ0v) is 13.5. The summed E-state index contributed by atoms with van der Waals surface area (Å²) < 4.78 is 5.56. The van der Waals surface area contributed by atoms with E-state index >= 15 is 0 Å². The summed E-state index contributed by atoms with van der Waals surface area (Å²) in [5.41, 5.74) is 3.23. The van der Waals surface area contributed by atoms with Crippen molar-refractivity contribution in [2.45, 2.75) is 40.2 Å². The third kappa shape index (κ3) is 4.50. The molecule has 0 aromatic heterocycles. The van der Waals surface area contributed by atoms with E-state index in [-0.39, 0.29) is 17.9 Å². The molecule has 0 saturated heterocycles. The van der Waals surface area contributed by atoms with E-state index in [0.717, 1.165) is 23.2 Å². The first-order valence-corrected chi connectivity index (χ1v) is 7.61. The molecule has 1 aromatic rings. The fourth-order valence-corrected chi connectivity index (χ4v) is 2.35.